The number of aromatic nitrogens is 4. The summed E-state index contributed by atoms with van der Waals surface area (Å²) in [6, 6.07) is 13.0. The van der Waals surface area contributed by atoms with Crippen LogP contribution >= 0.6 is 11.8 Å². The molecule has 0 saturated carbocycles. The second-order valence-electron chi connectivity index (χ2n) is 7.84. The minimum atomic E-state index is -0.621. The molecule has 0 radical (unpaired) electrons. The number of nitro groups is 1. The van der Waals surface area contributed by atoms with Crippen LogP contribution in [0.5, 0.6) is 0 Å². The van der Waals surface area contributed by atoms with Crippen LogP contribution in [0.3, 0.4) is 0 Å². The highest BCUT2D eigenvalue weighted by atomic mass is 32.2. The van der Waals surface area contributed by atoms with Gasteiger partial charge in [0, 0.05) is 24.1 Å². The molecule has 2 aromatic carbocycles. The van der Waals surface area contributed by atoms with Crippen molar-refractivity contribution in [1.29, 1.82) is 0 Å². The number of fused-ring (bicyclic) bond motifs is 3. The lowest BCUT2D eigenvalue weighted by atomic mass is 10.1. The number of benzene rings is 2. The molecule has 0 unspecified atom stereocenters. The zero-order valence-electron chi connectivity index (χ0n) is 17.6. The number of nitrogens with zero attached hydrogens (tertiary/aromatic N) is 5. The average Bonchev–Trinajstić information content (AvgIpc) is 2.98. The predicted octanol–water partition coefficient (Wildman–Crippen LogP) is 4.60. The minimum absolute atomic E-state index is 0.0247. The molecular weight excluding hydrogens is 445 g/mol. The summed E-state index contributed by atoms with van der Waals surface area (Å²) in [6.45, 7) is 0.677. The third kappa shape index (κ3) is 3.91. The lowest BCUT2D eigenvalue weighted by molar-refractivity contribution is -0.385. The second kappa shape index (κ2) is 8.78. The first-order valence-corrected chi connectivity index (χ1v) is 11.7. The van der Waals surface area contributed by atoms with E-state index in [0.717, 1.165) is 25.0 Å². The van der Waals surface area contributed by atoms with Gasteiger partial charge in [-0.3, -0.25) is 14.9 Å². The van der Waals surface area contributed by atoms with Crippen molar-refractivity contribution in [3.63, 3.8) is 0 Å². The van der Waals surface area contributed by atoms with Crippen LogP contribution in [0.25, 0.3) is 17.1 Å². The Bertz CT molecular complexity index is 1370. The molecule has 8 nitrogen and oxygen atoms in total. The Kier molecular flexibility index (Phi) is 5.67. The lowest BCUT2D eigenvalue weighted by Gasteiger charge is -2.17. The van der Waals surface area contributed by atoms with E-state index >= 15 is 0 Å². The molecule has 3 aliphatic rings. The minimum Gasteiger partial charge on any atom is -0.324 e. The van der Waals surface area contributed by atoms with Gasteiger partial charge in [0.15, 0.2) is 11.0 Å². The second-order valence-corrected chi connectivity index (χ2v) is 8.78. The summed E-state index contributed by atoms with van der Waals surface area (Å²) in [5, 5.41) is 16.4. The van der Waals surface area contributed by atoms with Crippen LogP contribution in [0, 0.1) is 15.9 Å². The average molecular weight is 466 g/mol. The monoisotopic (exact) mass is 465 g/mol. The molecule has 0 aromatic heterocycles. The molecule has 0 saturated heterocycles. The zero-order chi connectivity index (χ0) is 22.9. The number of hydrogen-bond acceptors (Lipinski definition) is 6. The lowest BCUT2D eigenvalue weighted by Crippen LogP contribution is -2.19. The largest absolute Gasteiger partial charge is 0.324 e. The van der Waals surface area contributed by atoms with Crippen LogP contribution in [0.2, 0.25) is 0 Å². The molecule has 3 aliphatic heterocycles. The molecule has 0 aliphatic carbocycles. The Morgan fingerprint density at radius 2 is 1.91 bits per heavy atom. The standard InChI is InChI=1S/C23H20FN5O3S/c24-17-10-7-12-18(29(31)32)16(17)14-33-23-25-21-20(19-11-5-2-6-13-27(19)23)22(30)28(26-21)15-8-3-1-4-9-15/h1,3-4,7-10,12H,2,5-6,11,13-14H2. The number of para-hydroxylation sites is 1. The van der Waals surface area contributed by atoms with Crippen LogP contribution in [0.15, 0.2) is 58.5 Å². The van der Waals surface area contributed by atoms with Gasteiger partial charge in [-0.25, -0.2) is 9.37 Å². The van der Waals surface area contributed by atoms with E-state index in [1.165, 1.54) is 34.6 Å². The van der Waals surface area contributed by atoms with E-state index in [4.69, 9.17) is 0 Å². The molecule has 0 spiro atoms. The number of nitro benzene ring substituents is 1. The fraction of sp³-hybridized carbons (Fsp3) is 0.261. The van der Waals surface area contributed by atoms with Gasteiger partial charge in [-0.2, -0.15) is 4.68 Å². The summed E-state index contributed by atoms with van der Waals surface area (Å²) >= 11 is 1.23. The summed E-state index contributed by atoms with van der Waals surface area (Å²) in [6.07, 6.45) is 3.60. The third-order valence-electron chi connectivity index (χ3n) is 5.80. The van der Waals surface area contributed by atoms with E-state index in [1.54, 1.807) is 0 Å². The molecule has 0 N–H and O–H groups in total. The van der Waals surface area contributed by atoms with Crippen molar-refractivity contribution in [3.05, 3.63) is 86.1 Å². The molecule has 0 fully saturated rings. The molecular formula is C23H20FN5O3S. The van der Waals surface area contributed by atoms with E-state index in [0.29, 0.717) is 35.2 Å². The van der Waals surface area contributed by atoms with Gasteiger partial charge < -0.3 is 4.57 Å². The summed E-state index contributed by atoms with van der Waals surface area (Å²) in [5.41, 5.74) is 1.59. The first kappa shape index (κ1) is 21.3. The van der Waals surface area contributed by atoms with Gasteiger partial charge in [0.05, 0.1) is 16.2 Å². The van der Waals surface area contributed by atoms with Crippen molar-refractivity contribution < 1.29 is 9.31 Å². The number of thioether (sulfide) groups is 1. The topological polar surface area (TPSA) is 95.8 Å². The smallest absolute Gasteiger partial charge is 0.284 e. The SMILES string of the molecule is O=c1c2c3n(c(SCc4c(F)cccc4[N+](=O)[O-])nc-2nn1-c1ccccc1)CCCCC3. The third-order valence-corrected chi connectivity index (χ3v) is 6.81. The molecule has 0 bridgehead atoms. The van der Waals surface area contributed by atoms with Gasteiger partial charge in [-0.1, -0.05) is 42.4 Å². The van der Waals surface area contributed by atoms with Crippen LogP contribution in [0.1, 0.15) is 30.5 Å². The van der Waals surface area contributed by atoms with E-state index < -0.39 is 10.7 Å². The molecule has 5 rings (SSSR count). The normalized spacial score (nSPS) is 13.6. The van der Waals surface area contributed by atoms with Gasteiger partial charge in [-0.05, 0) is 37.5 Å². The van der Waals surface area contributed by atoms with E-state index in [-0.39, 0.29) is 22.6 Å². The van der Waals surface area contributed by atoms with Gasteiger partial charge in [-0.15, -0.1) is 5.10 Å². The summed E-state index contributed by atoms with van der Waals surface area (Å²) in [7, 11) is 0. The molecule has 2 aromatic rings. The highest BCUT2D eigenvalue weighted by molar-refractivity contribution is 7.98. The van der Waals surface area contributed by atoms with Crippen molar-refractivity contribution >= 4 is 17.4 Å². The van der Waals surface area contributed by atoms with Crippen molar-refractivity contribution in [2.45, 2.75) is 43.1 Å². The predicted molar refractivity (Wildman–Crippen MR) is 122 cm³/mol. The van der Waals surface area contributed by atoms with Gasteiger partial charge in [0.25, 0.3) is 11.2 Å². The maximum absolute atomic E-state index is 14.4. The van der Waals surface area contributed by atoms with Gasteiger partial charge in [0.1, 0.15) is 11.4 Å². The van der Waals surface area contributed by atoms with E-state index in [2.05, 4.69) is 10.1 Å². The molecule has 0 amide bonds. The van der Waals surface area contributed by atoms with Crippen molar-refractivity contribution in [2.24, 2.45) is 0 Å². The highest BCUT2D eigenvalue weighted by Gasteiger charge is 2.28. The first-order valence-electron chi connectivity index (χ1n) is 10.7. The number of hydrogen-bond donors (Lipinski definition) is 0. The Labute approximate surface area is 192 Å². The highest BCUT2D eigenvalue weighted by Crippen LogP contribution is 2.34. The summed E-state index contributed by atoms with van der Waals surface area (Å²) in [4.78, 5) is 28.7. The molecule has 168 valence electrons. The molecule has 0 atom stereocenters. The van der Waals surface area contributed by atoms with Gasteiger partial charge in [0.2, 0.25) is 0 Å². The van der Waals surface area contributed by atoms with Crippen molar-refractivity contribution in [2.75, 3.05) is 0 Å². The van der Waals surface area contributed by atoms with Crippen LogP contribution in [0.4, 0.5) is 10.1 Å². The van der Waals surface area contributed by atoms with Gasteiger partial charge >= 0.3 is 0 Å². The molecule has 33 heavy (non-hydrogen) atoms. The van der Waals surface area contributed by atoms with Crippen LogP contribution < -0.4 is 5.56 Å². The Morgan fingerprint density at radius 3 is 2.70 bits per heavy atom. The Balaban J connectivity index is 1.62. The summed E-state index contributed by atoms with van der Waals surface area (Å²) in [5.74, 6) is -0.239. The maximum Gasteiger partial charge on any atom is 0.284 e. The van der Waals surface area contributed by atoms with E-state index in [9.17, 15) is 19.3 Å². The number of halogens is 1. The fourth-order valence-corrected chi connectivity index (χ4v) is 5.27. The first-order chi connectivity index (χ1) is 16.0. The summed E-state index contributed by atoms with van der Waals surface area (Å²) < 4.78 is 17.8. The fourth-order valence-electron chi connectivity index (χ4n) is 4.21. The maximum atomic E-state index is 14.4. The van der Waals surface area contributed by atoms with Crippen molar-refractivity contribution in [1.82, 2.24) is 19.3 Å². The van der Waals surface area contributed by atoms with Crippen molar-refractivity contribution in [3.8, 4) is 17.1 Å². The molecule has 3 heterocycles. The zero-order valence-corrected chi connectivity index (χ0v) is 18.4. The Hall–Kier alpha value is -3.53. The van der Waals surface area contributed by atoms with Crippen LogP contribution in [-0.4, -0.2) is 24.3 Å². The Morgan fingerprint density at radius 1 is 1.09 bits per heavy atom. The van der Waals surface area contributed by atoms with E-state index in [1.807, 2.05) is 34.9 Å². The quantitative estimate of drug-likeness (QED) is 0.185. The van der Waals surface area contributed by atoms with Crippen LogP contribution in [-0.2, 0) is 18.7 Å². The number of rotatable bonds is 5. The molecule has 10 heteroatoms.